The minimum atomic E-state index is -0.397. The van der Waals surface area contributed by atoms with E-state index >= 15 is 0 Å². The molecule has 0 spiro atoms. The molecule has 5 nitrogen and oxygen atoms in total. The summed E-state index contributed by atoms with van der Waals surface area (Å²) in [7, 11) is 0. The number of fused-ring (bicyclic) bond motifs is 1. The van der Waals surface area contributed by atoms with Crippen molar-refractivity contribution in [2.24, 2.45) is 5.92 Å². The third kappa shape index (κ3) is 3.01. The van der Waals surface area contributed by atoms with Gasteiger partial charge >= 0.3 is 0 Å². The van der Waals surface area contributed by atoms with E-state index < -0.39 is 5.91 Å². The van der Waals surface area contributed by atoms with Crippen molar-refractivity contribution in [1.29, 1.82) is 0 Å². The Bertz CT molecular complexity index is 902. The summed E-state index contributed by atoms with van der Waals surface area (Å²) in [5.41, 5.74) is 2.38. The number of amides is 3. The van der Waals surface area contributed by atoms with E-state index in [0.29, 0.717) is 22.7 Å². The van der Waals surface area contributed by atoms with E-state index in [1.165, 1.54) is 11.0 Å². The van der Waals surface area contributed by atoms with Crippen LogP contribution in [0.2, 0.25) is 0 Å². The molecule has 3 amide bonds. The molecule has 134 valence electrons. The van der Waals surface area contributed by atoms with Crippen molar-refractivity contribution < 1.29 is 14.4 Å². The largest absolute Gasteiger partial charge is 0.349 e. The highest BCUT2D eigenvalue weighted by molar-refractivity contribution is 6.35. The molecule has 2 aromatic carbocycles. The number of carbonyl (C=O) groups excluding carboxylic acids is 3. The fourth-order valence-corrected chi connectivity index (χ4v) is 2.87. The first kappa shape index (κ1) is 17.9. The molecule has 1 aliphatic rings. The molecule has 0 aliphatic carbocycles. The molecule has 0 radical (unpaired) electrons. The second-order valence-corrected chi connectivity index (χ2v) is 7.00. The van der Waals surface area contributed by atoms with E-state index in [9.17, 15) is 14.4 Å². The molecule has 0 saturated heterocycles. The van der Waals surface area contributed by atoms with Gasteiger partial charge in [0.1, 0.15) is 0 Å². The summed E-state index contributed by atoms with van der Waals surface area (Å²) in [6, 6.07) is 11.9. The predicted molar refractivity (Wildman–Crippen MR) is 101 cm³/mol. The highest BCUT2D eigenvalue weighted by Gasteiger charge is 2.37. The summed E-state index contributed by atoms with van der Waals surface area (Å²) < 4.78 is 0. The van der Waals surface area contributed by atoms with Crippen LogP contribution < -0.4 is 10.2 Å². The molecular weight excluding hydrogens is 328 g/mol. The molecule has 0 fully saturated rings. The van der Waals surface area contributed by atoms with Crippen LogP contribution in [0.15, 0.2) is 42.5 Å². The molecule has 1 unspecified atom stereocenters. The average Bonchev–Trinajstić information content (AvgIpc) is 2.86. The fraction of sp³-hybridized carbons (Fsp3) is 0.286. The van der Waals surface area contributed by atoms with Crippen molar-refractivity contribution in [2.75, 3.05) is 4.90 Å². The summed E-state index contributed by atoms with van der Waals surface area (Å²) in [5.74, 6) is -0.704. The van der Waals surface area contributed by atoms with Crippen LogP contribution in [-0.2, 0) is 0 Å². The Morgan fingerprint density at radius 1 is 0.962 bits per heavy atom. The zero-order chi connectivity index (χ0) is 19.0. The predicted octanol–water partition coefficient (Wildman–Crippen LogP) is 3.57. The van der Waals surface area contributed by atoms with Crippen molar-refractivity contribution in [3.63, 3.8) is 0 Å². The normalized spacial score (nSPS) is 14.6. The first-order chi connectivity index (χ1) is 12.3. The third-order valence-electron chi connectivity index (χ3n) is 4.86. The number of hydrogen-bond donors (Lipinski definition) is 1. The van der Waals surface area contributed by atoms with Crippen molar-refractivity contribution >= 4 is 23.4 Å². The summed E-state index contributed by atoms with van der Waals surface area (Å²) in [6.45, 7) is 7.83. The number of hydrogen-bond acceptors (Lipinski definition) is 3. The molecule has 1 heterocycles. The number of imide groups is 1. The molecule has 1 aliphatic heterocycles. The van der Waals surface area contributed by atoms with E-state index in [0.717, 1.165) is 5.56 Å². The van der Waals surface area contributed by atoms with Gasteiger partial charge in [0, 0.05) is 11.6 Å². The molecule has 3 rings (SSSR count). The lowest BCUT2D eigenvalue weighted by atomic mass is 10.0. The molecule has 1 N–H and O–H groups in total. The Balaban J connectivity index is 1.94. The van der Waals surface area contributed by atoms with Crippen LogP contribution in [-0.4, -0.2) is 23.8 Å². The minimum Gasteiger partial charge on any atom is -0.349 e. The topological polar surface area (TPSA) is 66.5 Å². The maximum absolute atomic E-state index is 12.8. The Labute approximate surface area is 153 Å². The van der Waals surface area contributed by atoms with Gasteiger partial charge in [0.2, 0.25) is 0 Å². The minimum absolute atomic E-state index is 0.0107. The monoisotopic (exact) mass is 350 g/mol. The summed E-state index contributed by atoms with van der Waals surface area (Å²) in [4.78, 5) is 39.2. The summed E-state index contributed by atoms with van der Waals surface area (Å²) >= 11 is 0. The molecule has 0 bridgehead atoms. The zero-order valence-corrected chi connectivity index (χ0v) is 15.4. The van der Waals surface area contributed by atoms with Crippen molar-refractivity contribution in [1.82, 2.24) is 5.32 Å². The lowest BCUT2D eigenvalue weighted by Crippen LogP contribution is -2.36. The Hall–Kier alpha value is -2.95. The van der Waals surface area contributed by atoms with Gasteiger partial charge in [-0.25, -0.2) is 4.90 Å². The van der Waals surface area contributed by atoms with Crippen LogP contribution in [0, 0.1) is 12.8 Å². The maximum Gasteiger partial charge on any atom is 0.266 e. The number of carbonyl (C=O) groups is 3. The Morgan fingerprint density at radius 2 is 1.62 bits per heavy atom. The van der Waals surface area contributed by atoms with Gasteiger partial charge in [-0.1, -0.05) is 32.0 Å². The van der Waals surface area contributed by atoms with Gasteiger partial charge in [0.25, 0.3) is 17.7 Å². The van der Waals surface area contributed by atoms with Gasteiger partial charge in [-0.15, -0.1) is 0 Å². The number of benzene rings is 2. The second kappa shape index (κ2) is 6.75. The zero-order valence-electron chi connectivity index (χ0n) is 15.4. The molecule has 0 aromatic heterocycles. The van der Waals surface area contributed by atoms with Gasteiger partial charge < -0.3 is 5.32 Å². The quantitative estimate of drug-likeness (QED) is 0.857. The lowest BCUT2D eigenvalue weighted by molar-refractivity contribution is 0.0919. The van der Waals surface area contributed by atoms with Crippen LogP contribution in [0.1, 0.15) is 57.4 Å². The standard InChI is InChI=1S/C21H22N2O3/c1-12(2)14(4)22-19(24)15-9-10-16-17(11-15)21(26)23(20(16)25)18-8-6-5-7-13(18)3/h5-12,14H,1-4H3,(H,22,24). The molecule has 0 saturated carbocycles. The van der Waals surface area contributed by atoms with E-state index in [1.807, 2.05) is 39.8 Å². The van der Waals surface area contributed by atoms with Crippen LogP contribution in [0.5, 0.6) is 0 Å². The highest BCUT2D eigenvalue weighted by Crippen LogP contribution is 2.31. The Kier molecular flexibility index (Phi) is 4.64. The van der Waals surface area contributed by atoms with Crippen LogP contribution in [0.4, 0.5) is 5.69 Å². The third-order valence-corrected chi connectivity index (χ3v) is 4.86. The molecule has 1 atom stereocenters. The Morgan fingerprint density at radius 3 is 2.27 bits per heavy atom. The maximum atomic E-state index is 12.8. The lowest BCUT2D eigenvalue weighted by Gasteiger charge is -2.17. The van der Waals surface area contributed by atoms with Crippen molar-refractivity contribution in [3.05, 3.63) is 64.7 Å². The van der Waals surface area contributed by atoms with E-state index in [1.54, 1.807) is 24.3 Å². The number of aryl methyl sites for hydroxylation is 1. The molecule has 2 aromatic rings. The van der Waals surface area contributed by atoms with Crippen LogP contribution in [0.3, 0.4) is 0 Å². The molecule has 26 heavy (non-hydrogen) atoms. The second-order valence-electron chi connectivity index (χ2n) is 7.00. The van der Waals surface area contributed by atoms with Gasteiger partial charge in [-0.05, 0) is 49.6 Å². The highest BCUT2D eigenvalue weighted by atomic mass is 16.2. The van der Waals surface area contributed by atoms with Crippen LogP contribution in [0.25, 0.3) is 0 Å². The van der Waals surface area contributed by atoms with E-state index in [-0.39, 0.29) is 23.4 Å². The molecular formula is C21H22N2O3. The number of para-hydroxylation sites is 1. The summed E-state index contributed by atoms with van der Waals surface area (Å²) in [5, 5.41) is 2.92. The van der Waals surface area contributed by atoms with Gasteiger partial charge in [0.05, 0.1) is 16.8 Å². The smallest absolute Gasteiger partial charge is 0.266 e. The number of nitrogens with one attached hydrogen (secondary N) is 1. The van der Waals surface area contributed by atoms with Gasteiger partial charge in [-0.3, -0.25) is 14.4 Å². The first-order valence-electron chi connectivity index (χ1n) is 8.70. The number of anilines is 1. The van der Waals surface area contributed by atoms with Gasteiger partial charge in [0.15, 0.2) is 0 Å². The fourth-order valence-electron chi connectivity index (χ4n) is 2.87. The molecule has 5 heteroatoms. The summed E-state index contributed by atoms with van der Waals surface area (Å²) in [6.07, 6.45) is 0. The van der Waals surface area contributed by atoms with Crippen molar-refractivity contribution in [3.8, 4) is 0 Å². The average molecular weight is 350 g/mol. The van der Waals surface area contributed by atoms with E-state index in [4.69, 9.17) is 0 Å². The van der Waals surface area contributed by atoms with Gasteiger partial charge in [-0.2, -0.15) is 0 Å². The number of rotatable bonds is 4. The van der Waals surface area contributed by atoms with Crippen LogP contribution >= 0.6 is 0 Å². The van der Waals surface area contributed by atoms with Crippen molar-refractivity contribution in [2.45, 2.75) is 33.7 Å². The SMILES string of the molecule is Cc1ccccc1N1C(=O)c2ccc(C(=O)NC(C)C(C)C)cc2C1=O. The number of nitrogens with zero attached hydrogens (tertiary/aromatic N) is 1. The first-order valence-corrected chi connectivity index (χ1v) is 8.70. The van der Waals surface area contributed by atoms with E-state index in [2.05, 4.69) is 5.32 Å².